The smallest absolute Gasteiger partial charge is 0.238 e. The summed E-state index contributed by atoms with van der Waals surface area (Å²) in [6.45, 7) is 1.25. The molecule has 0 aliphatic heterocycles. The predicted octanol–water partition coefficient (Wildman–Crippen LogP) is 1.48. The van der Waals surface area contributed by atoms with Crippen LogP contribution < -0.4 is 16.4 Å². The topological polar surface area (TPSA) is 67.1 Å². The number of carbonyl (C=O) groups excluding carboxylic acids is 1. The molecule has 1 amide bonds. The van der Waals surface area contributed by atoms with Crippen molar-refractivity contribution in [2.24, 2.45) is 5.73 Å². The van der Waals surface area contributed by atoms with E-state index < -0.39 is 0 Å². The van der Waals surface area contributed by atoms with Crippen LogP contribution in [0.25, 0.3) is 0 Å². The number of benzene rings is 1. The zero-order chi connectivity index (χ0) is 12.0. The molecule has 6 heteroatoms. The molecule has 0 aromatic heterocycles. The Morgan fingerprint density at radius 2 is 1.94 bits per heavy atom. The van der Waals surface area contributed by atoms with Crippen molar-refractivity contribution in [1.82, 2.24) is 5.32 Å². The minimum atomic E-state index is -0.205. The maximum atomic E-state index is 11.5. The van der Waals surface area contributed by atoms with Crippen molar-refractivity contribution in [3.8, 4) is 0 Å². The van der Waals surface area contributed by atoms with Crippen LogP contribution in [0.5, 0.6) is 0 Å². The van der Waals surface area contributed by atoms with E-state index in [1.54, 1.807) is 18.2 Å². The van der Waals surface area contributed by atoms with Gasteiger partial charge in [0.05, 0.1) is 22.3 Å². The van der Waals surface area contributed by atoms with E-state index >= 15 is 0 Å². The summed E-state index contributed by atoms with van der Waals surface area (Å²) in [6.07, 6.45) is 0. The number of hydrogen-bond donors (Lipinski definition) is 3. The summed E-state index contributed by atoms with van der Waals surface area (Å²) >= 11 is 11.8. The molecule has 1 aromatic rings. The molecule has 0 bridgehead atoms. The lowest BCUT2D eigenvalue weighted by Gasteiger charge is -2.09. The van der Waals surface area contributed by atoms with Crippen LogP contribution in [0, 0.1) is 0 Å². The molecule has 4 N–H and O–H groups in total. The number of amides is 1. The molecule has 0 unspecified atom stereocenters. The number of anilines is 1. The molecule has 88 valence electrons. The molecule has 16 heavy (non-hydrogen) atoms. The highest BCUT2D eigenvalue weighted by molar-refractivity contribution is 6.39. The van der Waals surface area contributed by atoms with Crippen LogP contribution in [0.1, 0.15) is 0 Å². The Bertz CT molecular complexity index is 351. The van der Waals surface area contributed by atoms with Crippen molar-refractivity contribution in [1.29, 1.82) is 0 Å². The Labute approximate surface area is 104 Å². The number of nitrogens with two attached hydrogens (primary N) is 1. The summed E-state index contributed by atoms with van der Waals surface area (Å²) in [4.78, 5) is 11.5. The van der Waals surface area contributed by atoms with Crippen LogP contribution in [0.3, 0.4) is 0 Å². The highest BCUT2D eigenvalue weighted by Crippen LogP contribution is 2.29. The minimum absolute atomic E-state index is 0.179. The van der Waals surface area contributed by atoms with E-state index in [0.717, 1.165) is 0 Å². The first kappa shape index (κ1) is 13.3. The molecule has 0 radical (unpaired) electrons. The van der Waals surface area contributed by atoms with Crippen molar-refractivity contribution in [3.05, 3.63) is 28.2 Å². The van der Waals surface area contributed by atoms with Crippen LogP contribution in [-0.4, -0.2) is 25.5 Å². The lowest BCUT2D eigenvalue weighted by Crippen LogP contribution is -2.31. The van der Waals surface area contributed by atoms with Gasteiger partial charge in [0.15, 0.2) is 0 Å². The molecule has 4 nitrogen and oxygen atoms in total. The van der Waals surface area contributed by atoms with Gasteiger partial charge in [0, 0.05) is 13.1 Å². The predicted molar refractivity (Wildman–Crippen MR) is 67.0 cm³/mol. The first-order chi connectivity index (χ1) is 7.65. The zero-order valence-corrected chi connectivity index (χ0v) is 10.1. The number of rotatable bonds is 5. The summed E-state index contributed by atoms with van der Waals surface area (Å²) < 4.78 is 0. The second-order valence-corrected chi connectivity index (χ2v) is 3.92. The summed E-state index contributed by atoms with van der Waals surface area (Å²) in [6, 6.07) is 5.04. The van der Waals surface area contributed by atoms with E-state index in [4.69, 9.17) is 28.9 Å². The molecule has 1 rings (SSSR count). The molecule has 0 spiro atoms. The van der Waals surface area contributed by atoms with Gasteiger partial charge in [-0.1, -0.05) is 29.3 Å². The first-order valence-corrected chi connectivity index (χ1v) is 5.55. The van der Waals surface area contributed by atoms with Crippen LogP contribution in [0.2, 0.25) is 10.0 Å². The van der Waals surface area contributed by atoms with Crippen molar-refractivity contribution >= 4 is 34.8 Å². The van der Waals surface area contributed by atoms with Gasteiger partial charge in [-0.05, 0) is 12.1 Å². The average Bonchev–Trinajstić information content (AvgIpc) is 2.24. The first-order valence-electron chi connectivity index (χ1n) is 4.80. The summed E-state index contributed by atoms with van der Waals surface area (Å²) in [5, 5.41) is 6.33. The summed E-state index contributed by atoms with van der Waals surface area (Å²) in [5.41, 5.74) is 5.71. The third kappa shape index (κ3) is 3.98. The Hall–Kier alpha value is -0.810. The molecule has 0 saturated heterocycles. The SMILES string of the molecule is NCCNCC(=O)Nc1c(Cl)cccc1Cl. The molecule has 1 aromatic carbocycles. The van der Waals surface area contributed by atoms with Gasteiger partial charge in [-0.2, -0.15) is 0 Å². The largest absolute Gasteiger partial charge is 0.329 e. The van der Waals surface area contributed by atoms with E-state index in [-0.39, 0.29) is 12.5 Å². The molecule has 0 aliphatic rings. The monoisotopic (exact) mass is 261 g/mol. The van der Waals surface area contributed by atoms with Gasteiger partial charge in [0.1, 0.15) is 0 Å². The molecule has 0 fully saturated rings. The summed E-state index contributed by atoms with van der Waals surface area (Å²) in [5.74, 6) is -0.205. The lowest BCUT2D eigenvalue weighted by molar-refractivity contribution is -0.115. The lowest BCUT2D eigenvalue weighted by atomic mass is 10.3. The standard InChI is InChI=1S/C10H13Cl2N3O/c11-7-2-1-3-8(12)10(7)15-9(16)6-14-5-4-13/h1-3,14H,4-6,13H2,(H,15,16). The maximum absolute atomic E-state index is 11.5. The minimum Gasteiger partial charge on any atom is -0.329 e. The zero-order valence-electron chi connectivity index (χ0n) is 8.59. The number of hydrogen-bond acceptors (Lipinski definition) is 3. The Morgan fingerprint density at radius 1 is 1.31 bits per heavy atom. The number of halogens is 2. The van der Waals surface area contributed by atoms with Crippen LogP contribution in [-0.2, 0) is 4.79 Å². The fourth-order valence-electron chi connectivity index (χ4n) is 1.10. The van der Waals surface area contributed by atoms with Gasteiger partial charge >= 0.3 is 0 Å². The maximum Gasteiger partial charge on any atom is 0.238 e. The van der Waals surface area contributed by atoms with Gasteiger partial charge in [-0.3, -0.25) is 4.79 Å². The quantitative estimate of drug-likeness (QED) is 0.704. The molecule has 0 saturated carbocycles. The van der Waals surface area contributed by atoms with Crippen molar-refractivity contribution < 1.29 is 4.79 Å². The number of para-hydroxylation sites is 1. The normalized spacial score (nSPS) is 10.2. The van der Waals surface area contributed by atoms with E-state index in [9.17, 15) is 4.79 Å². The van der Waals surface area contributed by atoms with Crippen LogP contribution in [0.4, 0.5) is 5.69 Å². The molecular weight excluding hydrogens is 249 g/mol. The van der Waals surface area contributed by atoms with Gasteiger partial charge < -0.3 is 16.4 Å². The van der Waals surface area contributed by atoms with Gasteiger partial charge in [0.25, 0.3) is 0 Å². The highest BCUT2D eigenvalue weighted by Gasteiger charge is 2.08. The third-order valence-electron chi connectivity index (χ3n) is 1.83. The Kier molecular flexibility index (Phi) is 5.55. The molecule has 0 heterocycles. The molecule has 0 aliphatic carbocycles. The second-order valence-electron chi connectivity index (χ2n) is 3.11. The highest BCUT2D eigenvalue weighted by atomic mass is 35.5. The van der Waals surface area contributed by atoms with Crippen molar-refractivity contribution in [2.75, 3.05) is 25.0 Å². The van der Waals surface area contributed by atoms with E-state index in [0.29, 0.717) is 28.8 Å². The second kappa shape index (κ2) is 6.70. The molecular formula is C10H13Cl2N3O. The average molecular weight is 262 g/mol. The molecule has 0 atom stereocenters. The fraction of sp³-hybridized carbons (Fsp3) is 0.300. The van der Waals surface area contributed by atoms with Crippen LogP contribution in [0.15, 0.2) is 18.2 Å². The fourth-order valence-corrected chi connectivity index (χ4v) is 1.60. The van der Waals surface area contributed by atoms with E-state index in [2.05, 4.69) is 10.6 Å². The number of carbonyl (C=O) groups is 1. The van der Waals surface area contributed by atoms with Crippen LogP contribution >= 0.6 is 23.2 Å². The summed E-state index contributed by atoms with van der Waals surface area (Å²) in [7, 11) is 0. The van der Waals surface area contributed by atoms with Crippen molar-refractivity contribution in [3.63, 3.8) is 0 Å². The third-order valence-corrected chi connectivity index (χ3v) is 2.46. The van der Waals surface area contributed by atoms with Gasteiger partial charge in [-0.25, -0.2) is 0 Å². The number of nitrogens with one attached hydrogen (secondary N) is 2. The van der Waals surface area contributed by atoms with Crippen molar-refractivity contribution in [2.45, 2.75) is 0 Å². The van der Waals surface area contributed by atoms with Gasteiger partial charge in [0.2, 0.25) is 5.91 Å². The van der Waals surface area contributed by atoms with E-state index in [1.807, 2.05) is 0 Å². The van der Waals surface area contributed by atoms with E-state index in [1.165, 1.54) is 0 Å². The Balaban J connectivity index is 2.56. The Morgan fingerprint density at radius 3 is 2.50 bits per heavy atom. The van der Waals surface area contributed by atoms with Gasteiger partial charge in [-0.15, -0.1) is 0 Å².